The Balaban J connectivity index is 2.30. The lowest BCUT2D eigenvalue weighted by Gasteiger charge is -2.33. The Bertz CT molecular complexity index is 594. The van der Waals surface area contributed by atoms with E-state index in [1.807, 2.05) is 4.90 Å². The number of hydrogen-bond acceptors (Lipinski definition) is 5. The molecule has 1 radical (unpaired) electrons. The normalized spacial score (nSPS) is 18.1. The molecule has 1 aromatic rings. The molecule has 1 aliphatic heterocycles. The first-order valence-electron chi connectivity index (χ1n) is 6.22. The zero-order chi connectivity index (χ0) is 14.8. The summed E-state index contributed by atoms with van der Waals surface area (Å²) < 4.78 is 26.3. The monoisotopic (exact) mass is 298 g/mol. The fourth-order valence-electron chi connectivity index (χ4n) is 2.16. The topological polar surface area (TPSA) is 83.8 Å². The van der Waals surface area contributed by atoms with Gasteiger partial charge in [0.15, 0.2) is 4.90 Å². The summed E-state index contributed by atoms with van der Waals surface area (Å²) in [5.74, 6) is 0. The highest BCUT2D eigenvalue weighted by Crippen LogP contribution is 2.26. The van der Waals surface area contributed by atoms with Crippen LogP contribution in [0.25, 0.3) is 0 Å². The van der Waals surface area contributed by atoms with E-state index in [4.69, 9.17) is 0 Å². The molecule has 1 aliphatic rings. The molecule has 2 rings (SSSR count). The van der Waals surface area contributed by atoms with Crippen LogP contribution in [0.3, 0.4) is 0 Å². The van der Waals surface area contributed by atoms with Gasteiger partial charge in [-0.1, -0.05) is 12.1 Å². The second-order valence-electron chi connectivity index (χ2n) is 4.47. The first-order valence-corrected chi connectivity index (χ1v) is 7.66. The van der Waals surface area contributed by atoms with Crippen molar-refractivity contribution in [2.24, 2.45) is 0 Å². The molecule has 109 valence electrons. The van der Waals surface area contributed by atoms with Crippen LogP contribution in [-0.4, -0.2) is 55.3 Å². The van der Waals surface area contributed by atoms with Gasteiger partial charge in [0.1, 0.15) is 0 Å². The third kappa shape index (κ3) is 2.82. The number of rotatable bonds is 4. The minimum atomic E-state index is -3.82. The van der Waals surface area contributed by atoms with E-state index < -0.39 is 14.9 Å². The van der Waals surface area contributed by atoms with Gasteiger partial charge in [-0.05, 0) is 19.5 Å². The standard InChI is InChI=1S/C12H16N3O4S/c1-2-13-7-9-14(10-8-13)20(18,19)12-6-4-3-5-11(12)15(16)17/h3-6H,1-2,7-10H2. The van der Waals surface area contributed by atoms with Crippen LogP contribution >= 0.6 is 0 Å². The second-order valence-corrected chi connectivity index (χ2v) is 6.38. The summed E-state index contributed by atoms with van der Waals surface area (Å²) in [6.07, 6.45) is 0. The van der Waals surface area contributed by atoms with Crippen molar-refractivity contribution in [3.63, 3.8) is 0 Å². The number of benzene rings is 1. The molecule has 1 fully saturated rings. The van der Waals surface area contributed by atoms with Crippen molar-refractivity contribution in [2.75, 3.05) is 32.7 Å². The van der Waals surface area contributed by atoms with E-state index in [0.717, 1.165) is 0 Å². The number of nitro groups is 1. The van der Waals surface area contributed by atoms with Crippen molar-refractivity contribution < 1.29 is 13.3 Å². The van der Waals surface area contributed by atoms with E-state index in [1.54, 1.807) is 0 Å². The van der Waals surface area contributed by atoms with E-state index in [-0.39, 0.29) is 10.6 Å². The van der Waals surface area contributed by atoms with Crippen LogP contribution in [-0.2, 0) is 10.0 Å². The minimum absolute atomic E-state index is 0.243. The molecule has 1 saturated heterocycles. The van der Waals surface area contributed by atoms with E-state index in [1.165, 1.54) is 28.6 Å². The van der Waals surface area contributed by atoms with E-state index in [0.29, 0.717) is 32.7 Å². The van der Waals surface area contributed by atoms with Crippen molar-refractivity contribution in [2.45, 2.75) is 4.90 Å². The van der Waals surface area contributed by atoms with Crippen LogP contribution in [0.15, 0.2) is 29.2 Å². The van der Waals surface area contributed by atoms with E-state index in [2.05, 4.69) is 6.92 Å². The lowest BCUT2D eigenvalue weighted by Crippen LogP contribution is -2.48. The van der Waals surface area contributed by atoms with Crippen LogP contribution in [0.4, 0.5) is 5.69 Å². The summed E-state index contributed by atoms with van der Waals surface area (Å²) in [6, 6.07) is 5.43. The molecule has 0 unspecified atom stereocenters. The van der Waals surface area contributed by atoms with Gasteiger partial charge in [-0.25, -0.2) is 8.42 Å². The lowest BCUT2D eigenvalue weighted by molar-refractivity contribution is -0.387. The molecule has 0 saturated carbocycles. The van der Waals surface area contributed by atoms with Gasteiger partial charge in [-0.2, -0.15) is 4.31 Å². The first kappa shape index (κ1) is 14.9. The largest absolute Gasteiger partial charge is 0.301 e. The van der Waals surface area contributed by atoms with E-state index in [9.17, 15) is 18.5 Å². The maximum atomic E-state index is 12.5. The highest BCUT2D eigenvalue weighted by atomic mass is 32.2. The van der Waals surface area contributed by atoms with Crippen molar-refractivity contribution in [3.8, 4) is 0 Å². The van der Waals surface area contributed by atoms with Gasteiger partial charge in [0.2, 0.25) is 10.0 Å². The van der Waals surface area contributed by atoms with Crippen LogP contribution < -0.4 is 0 Å². The molecule has 0 atom stereocenters. The molecule has 7 nitrogen and oxygen atoms in total. The number of piperazine rings is 1. The number of hydrogen-bond donors (Lipinski definition) is 0. The van der Waals surface area contributed by atoms with Crippen LogP contribution in [0.2, 0.25) is 0 Å². The summed E-state index contributed by atoms with van der Waals surface area (Å²) in [5.41, 5.74) is -0.382. The van der Waals surface area contributed by atoms with Gasteiger partial charge in [0.25, 0.3) is 5.69 Å². The summed E-state index contributed by atoms with van der Waals surface area (Å²) in [4.78, 5) is 12.1. The smallest absolute Gasteiger partial charge is 0.289 e. The van der Waals surface area contributed by atoms with Gasteiger partial charge >= 0.3 is 0 Å². The van der Waals surface area contributed by atoms with Crippen molar-refractivity contribution >= 4 is 15.7 Å². The average molecular weight is 298 g/mol. The highest BCUT2D eigenvalue weighted by Gasteiger charge is 2.33. The molecule has 1 heterocycles. The first-order chi connectivity index (χ1) is 9.46. The third-order valence-electron chi connectivity index (χ3n) is 3.33. The maximum absolute atomic E-state index is 12.5. The average Bonchev–Trinajstić information content (AvgIpc) is 2.47. The van der Waals surface area contributed by atoms with Crippen LogP contribution in [0.1, 0.15) is 0 Å². The van der Waals surface area contributed by atoms with Crippen molar-refractivity contribution in [3.05, 3.63) is 41.3 Å². The van der Waals surface area contributed by atoms with Crippen LogP contribution in [0.5, 0.6) is 0 Å². The molecule has 0 spiro atoms. The summed E-state index contributed by atoms with van der Waals surface area (Å²) in [7, 11) is -3.82. The quantitative estimate of drug-likeness (QED) is 0.604. The Morgan fingerprint density at radius 2 is 1.80 bits per heavy atom. The molecular weight excluding hydrogens is 282 g/mol. The number of nitro benzene ring substituents is 1. The van der Waals surface area contributed by atoms with Gasteiger partial charge in [0.05, 0.1) is 4.92 Å². The SMILES string of the molecule is [CH2]CN1CCN(S(=O)(=O)c2ccccc2[N+](=O)[O-])CC1. The molecular formula is C12H16N3O4S. The zero-order valence-electron chi connectivity index (χ0n) is 10.9. The highest BCUT2D eigenvalue weighted by molar-refractivity contribution is 7.89. The second kappa shape index (κ2) is 5.86. The molecule has 0 aliphatic carbocycles. The summed E-state index contributed by atoms with van der Waals surface area (Å²) in [5, 5.41) is 11.0. The Kier molecular flexibility index (Phi) is 4.36. The fourth-order valence-corrected chi connectivity index (χ4v) is 3.74. The molecule has 1 aromatic carbocycles. The van der Waals surface area contributed by atoms with Gasteiger partial charge in [-0.3, -0.25) is 10.1 Å². The summed E-state index contributed by atoms with van der Waals surface area (Å²) in [6.45, 7) is 6.21. The Morgan fingerprint density at radius 3 is 2.35 bits per heavy atom. The Hall–Kier alpha value is -1.51. The predicted molar refractivity (Wildman–Crippen MR) is 73.7 cm³/mol. The van der Waals surface area contributed by atoms with E-state index >= 15 is 0 Å². The number of para-hydroxylation sites is 1. The number of sulfonamides is 1. The minimum Gasteiger partial charge on any atom is -0.301 e. The van der Waals surface area contributed by atoms with Gasteiger partial charge in [0, 0.05) is 32.2 Å². The predicted octanol–water partition coefficient (Wildman–Crippen LogP) is 0.735. The molecule has 0 N–H and O–H groups in total. The maximum Gasteiger partial charge on any atom is 0.289 e. The molecule has 8 heteroatoms. The summed E-state index contributed by atoms with van der Waals surface area (Å²) >= 11 is 0. The fraction of sp³-hybridized carbons (Fsp3) is 0.417. The van der Waals surface area contributed by atoms with Gasteiger partial charge < -0.3 is 4.90 Å². The number of nitrogens with zero attached hydrogens (tertiary/aromatic N) is 3. The molecule has 0 aromatic heterocycles. The molecule has 0 amide bonds. The van der Waals surface area contributed by atoms with Crippen molar-refractivity contribution in [1.29, 1.82) is 0 Å². The lowest BCUT2D eigenvalue weighted by atomic mass is 10.3. The Morgan fingerprint density at radius 1 is 1.20 bits per heavy atom. The van der Waals surface area contributed by atoms with Crippen LogP contribution in [0, 0.1) is 17.0 Å². The molecule has 0 bridgehead atoms. The Labute approximate surface area is 118 Å². The van der Waals surface area contributed by atoms with Crippen molar-refractivity contribution in [1.82, 2.24) is 9.21 Å². The zero-order valence-corrected chi connectivity index (χ0v) is 11.8. The van der Waals surface area contributed by atoms with Gasteiger partial charge in [-0.15, -0.1) is 0 Å². The molecule has 20 heavy (non-hydrogen) atoms. The third-order valence-corrected chi connectivity index (χ3v) is 5.27.